The summed E-state index contributed by atoms with van der Waals surface area (Å²) in [6.07, 6.45) is 5.78. The van der Waals surface area contributed by atoms with Gasteiger partial charge in [-0.3, -0.25) is 4.79 Å². The van der Waals surface area contributed by atoms with Crippen LogP contribution in [-0.4, -0.2) is 34.7 Å². The van der Waals surface area contributed by atoms with Crippen LogP contribution in [-0.2, 0) is 4.79 Å². The summed E-state index contributed by atoms with van der Waals surface area (Å²) in [5, 5.41) is 32.5. The molecule has 0 heterocycles. The molecule has 0 aromatic rings. The van der Waals surface area contributed by atoms with Gasteiger partial charge in [-0.2, -0.15) is 0 Å². The second-order valence-corrected chi connectivity index (χ2v) is 4.73. The van der Waals surface area contributed by atoms with E-state index in [-0.39, 0.29) is 5.92 Å². The highest BCUT2D eigenvalue weighted by Gasteiger charge is 2.61. The molecule has 0 bridgehead atoms. The Hall–Kier alpha value is -1.23. The van der Waals surface area contributed by atoms with E-state index in [0.717, 1.165) is 31.9 Å². The lowest BCUT2D eigenvalue weighted by Crippen LogP contribution is -2.24. The molecule has 0 aromatic heterocycles. The normalized spacial score (nSPS) is 28.4. The molecule has 17 heavy (non-hydrogen) atoms. The molecular formula is C12H20N2O3. The van der Waals surface area contributed by atoms with Gasteiger partial charge in [-0.15, -0.1) is 0 Å². The van der Waals surface area contributed by atoms with E-state index in [1.165, 1.54) is 6.21 Å². The Kier molecular flexibility index (Phi) is 4.81. The van der Waals surface area contributed by atoms with Crippen molar-refractivity contribution in [2.75, 3.05) is 0 Å². The number of aliphatic carboxylic acids is 1. The summed E-state index contributed by atoms with van der Waals surface area (Å²) in [6.45, 7) is 0. The predicted molar refractivity (Wildman–Crippen MR) is 64.8 cm³/mol. The van der Waals surface area contributed by atoms with E-state index < -0.39 is 17.5 Å². The number of rotatable bonds is 9. The number of unbranched alkanes of at least 4 members (excludes halogenated alkanes) is 3. The molecule has 0 radical (unpaired) electrons. The van der Waals surface area contributed by atoms with Crippen LogP contribution >= 0.6 is 0 Å². The van der Waals surface area contributed by atoms with E-state index >= 15 is 0 Å². The van der Waals surface area contributed by atoms with E-state index in [2.05, 4.69) is 0 Å². The van der Waals surface area contributed by atoms with E-state index in [9.17, 15) is 15.0 Å². The maximum atomic E-state index is 11.2. The van der Waals surface area contributed by atoms with E-state index in [4.69, 9.17) is 10.8 Å². The van der Waals surface area contributed by atoms with Gasteiger partial charge in [-0.05, 0) is 31.9 Å². The minimum absolute atomic E-state index is 0.291. The molecule has 96 valence electrons. The first kappa shape index (κ1) is 13.8. The molecule has 5 heteroatoms. The molecular weight excluding hydrogens is 220 g/mol. The van der Waals surface area contributed by atoms with Crippen molar-refractivity contribution in [1.29, 1.82) is 10.8 Å². The van der Waals surface area contributed by atoms with Crippen LogP contribution in [0.15, 0.2) is 0 Å². The largest absolute Gasteiger partial charge is 0.481 e. The topological polar surface area (TPSA) is 105 Å². The summed E-state index contributed by atoms with van der Waals surface area (Å²) >= 11 is 0. The standard InChI is InChI=1S/C12H20N2O3/c13-6-4-2-1-3-5-12(11(16)17)7-9(12)10(15)8-14/h6,8-10,13-15H,1-5,7H2,(H,16,17). The van der Waals surface area contributed by atoms with Crippen molar-refractivity contribution in [3.05, 3.63) is 0 Å². The summed E-state index contributed by atoms with van der Waals surface area (Å²) in [6, 6.07) is 0. The van der Waals surface area contributed by atoms with Gasteiger partial charge in [0.1, 0.15) is 0 Å². The van der Waals surface area contributed by atoms with Crippen molar-refractivity contribution in [3.63, 3.8) is 0 Å². The number of aliphatic hydroxyl groups is 1. The number of carboxylic acids is 1. The lowest BCUT2D eigenvalue weighted by Gasteiger charge is -2.13. The highest BCUT2D eigenvalue weighted by molar-refractivity contribution is 5.80. The van der Waals surface area contributed by atoms with Crippen molar-refractivity contribution in [3.8, 4) is 0 Å². The zero-order valence-electron chi connectivity index (χ0n) is 9.85. The smallest absolute Gasteiger partial charge is 0.310 e. The van der Waals surface area contributed by atoms with Crippen LogP contribution < -0.4 is 0 Å². The van der Waals surface area contributed by atoms with Gasteiger partial charge < -0.3 is 21.0 Å². The molecule has 1 saturated carbocycles. The highest BCUT2D eigenvalue weighted by Crippen LogP contribution is 2.57. The number of carbonyl (C=O) groups is 1. The predicted octanol–water partition coefficient (Wildman–Crippen LogP) is 1.69. The van der Waals surface area contributed by atoms with Crippen molar-refractivity contribution in [2.45, 2.75) is 44.6 Å². The SMILES string of the molecule is N=CCCCCCC1(C(=O)O)CC1C(O)C=N. The van der Waals surface area contributed by atoms with Crippen LogP contribution in [0.25, 0.3) is 0 Å². The molecule has 0 aliphatic heterocycles. The fourth-order valence-electron chi connectivity index (χ4n) is 2.40. The van der Waals surface area contributed by atoms with E-state index in [0.29, 0.717) is 12.8 Å². The van der Waals surface area contributed by atoms with Crippen LogP contribution in [0.1, 0.15) is 38.5 Å². The maximum Gasteiger partial charge on any atom is 0.310 e. The molecule has 0 aromatic carbocycles. The van der Waals surface area contributed by atoms with Gasteiger partial charge in [0, 0.05) is 12.1 Å². The molecule has 3 unspecified atom stereocenters. The third kappa shape index (κ3) is 3.12. The number of nitrogens with one attached hydrogen (secondary N) is 2. The molecule has 0 amide bonds. The fourth-order valence-corrected chi connectivity index (χ4v) is 2.40. The van der Waals surface area contributed by atoms with Crippen molar-refractivity contribution in [2.24, 2.45) is 11.3 Å². The monoisotopic (exact) mass is 240 g/mol. The molecule has 1 fully saturated rings. The molecule has 5 nitrogen and oxygen atoms in total. The van der Waals surface area contributed by atoms with Crippen molar-refractivity contribution < 1.29 is 15.0 Å². The van der Waals surface area contributed by atoms with E-state index in [1.807, 2.05) is 0 Å². The lowest BCUT2D eigenvalue weighted by atomic mass is 9.93. The molecule has 1 aliphatic rings. The van der Waals surface area contributed by atoms with Gasteiger partial charge in [0.15, 0.2) is 0 Å². The Morgan fingerprint density at radius 3 is 2.65 bits per heavy atom. The maximum absolute atomic E-state index is 11.2. The van der Waals surface area contributed by atoms with Crippen LogP contribution in [0, 0.1) is 22.2 Å². The Morgan fingerprint density at radius 2 is 2.12 bits per heavy atom. The number of aliphatic hydroxyl groups excluding tert-OH is 1. The quantitative estimate of drug-likeness (QED) is 0.364. The summed E-state index contributed by atoms with van der Waals surface area (Å²) in [7, 11) is 0. The zero-order chi connectivity index (χ0) is 12.9. The third-order valence-electron chi connectivity index (χ3n) is 3.61. The average molecular weight is 240 g/mol. The van der Waals surface area contributed by atoms with Crippen LogP contribution in [0.4, 0.5) is 0 Å². The fraction of sp³-hybridized carbons (Fsp3) is 0.750. The van der Waals surface area contributed by atoms with Gasteiger partial charge in [-0.25, -0.2) is 0 Å². The number of hydrogen-bond acceptors (Lipinski definition) is 4. The summed E-state index contributed by atoms with van der Waals surface area (Å²) in [5.74, 6) is -1.14. The molecule has 3 atom stereocenters. The van der Waals surface area contributed by atoms with Crippen LogP contribution in [0.3, 0.4) is 0 Å². The summed E-state index contributed by atoms with van der Waals surface area (Å²) < 4.78 is 0. The van der Waals surface area contributed by atoms with Gasteiger partial charge in [-0.1, -0.05) is 12.8 Å². The summed E-state index contributed by atoms with van der Waals surface area (Å²) in [4.78, 5) is 11.2. The first-order chi connectivity index (χ1) is 8.08. The van der Waals surface area contributed by atoms with Crippen molar-refractivity contribution >= 4 is 18.4 Å². The van der Waals surface area contributed by atoms with Gasteiger partial charge in [0.05, 0.1) is 11.5 Å². The first-order valence-corrected chi connectivity index (χ1v) is 5.99. The highest BCUT2D eigenvalue weighted by atomic mass is 16.4. The van der Waals surface area contributed by atoms with Crippen LogP contribution in [0.2, 0.25) is 0 Å². The Labute approximate surface area is 101 Å². The van der Waals surface area contributed by atoms with Crippen molar-refractivity contribution in [1.82, 2.24) is 0 Å². The minimum Gasteiger partial charge on any atom is -0.481 e. The van der Waals surface area contributed by atoms with Crippen LogP contribution in [0.5, 0.6) is 0 Å². The Morgan fingerprint density at radius 1 is 1.41 bits per heavy atom. The minimum atomic E-state index is -0.923. The van der Waals surface area contributed by atoms with E-state index in [1.54, 1.807) is 0 Å². The average Bonchev–Trinajstić information content (AvgIpc) is 3.04. The first-order valence-electron chi connectivity index (χ1n) is 5.99. The zero-order valence-corrected chi connectivity index (χ0v) is 9.85. The lowest BCUT2D eigenvalue weighted by molar-refractivity contribution is -0.144. The molecule has 0 spiro atoms. The van der Waals surface area contributed by atoms with Gasteiger partial charge in [0.25, 0.3) is 0 Å². The molecule has 1 aliphatic carbocycles. The number of carboxylic acid groups (broad SMARTS) is 1. The molecule has 1 rings (SSSR count). The van der Waals surface area contributed by atoms with Gasteiger partial charge in [0.2, 0.25) is 0 Å². The van der Waals surface area contributed by atoms with Gasteiger partial charge >= 0.3 is 5.97 Å². The Bertz CT molecular complexity index is 306. The molecule has 4 N–H and O–H groups in total. The number of hydrogen-bond donors (Lipinski definition) is 4. The summed E-state index contributed by atoms with van der Waals surface area (Å²) in [5.41, 5.74) is -0.804. The third-order valence-corrected chi connectivity index (χ3v) is 3.61. The molecule has 0 saturated heterocycles. The Balaban J connectivity index is 2.39. The second-order valence-electron chi connectivity index (χ2n) is 4.73. The second kappa shape index (κ2) is 5.91.